The number of carboxylic acid groups (broad SMARTS) is 1. The first kappa shape index (κ1) is 16.3. The second-order valence-electron chi connectivity index (χ2n) is 5.91. The lowest BCUT2D eigenvalue weighted by Crippen LogP contribution is -2.47. The number of carboxylic acids is 1. The van der Waals surface area contributed by atoms with Gasteiger partial charge in [-0.2, -0.15) is 5.26 Å². The monoisotopic (exact) mass is 302 g/mol. The zero-order valence-electron chi connectivity index (χ0n) is 12.9. The molecule has 0 spiro atoms. The summed E-state index contributed by atoms with van der Waals surface area (Å²) in [5.41, 5.74) is 1.18. The zero-order chi connectivity index (χ0) is 16.0. The Hall–Kier alpha value is -2.06. The number of aliphatic carboxylic acids is 1. The molecule has 2 rings (SSSR count). The maximum Gasteiger partial charge on any atom is 0.305 e. The van der Waals surface area contributed by atoms with Crippen LogP contribution in [0.15, 0.2) is 18.2 Å². The summed E-state index contributed by atoms with van der Waals surface area (Å²) in [7, 11) is 1.54. The lowest BCUT2D eigenvalue weighted by Gasteiger charge is -2.37. The summed E-state index contributed by atoms with van der Waals surface area (Å²) in [6, 6.07) is 7.54. The first-order valence-corrected chi connectivity index (χ1v) is 7.62. The third kappa shape index (κ3) is 3.99. The van der Waals surface area contributed by atoms with Crippen molar-refractivity contribution in [2.75, 3.05) is 7.11 Å². The topological polar surface area (TPSA) is 82.3 Å². The molecular weight excluding hydrogens is 280 g/mol. The number of nitrogens with zero attached hydrogens (tertiary/aromatic N) is 1. The molecule has 5 nitrogen and oxygen atoms in total. The van der Waals surface area contributed by atoms with Gasteiger partial charge in [0.2, 0.25) is 0 Å². The number of ether oxygens (including phenoxy) is 1. The van der Waals surface area contributed by atoms with Crippen molar-refractivity contribution in [2.24, 2.45) is 0 Å². The van der Waals surface area contributed by atoms with E-state index in [0.717, 1.165) is 31.2 Å². The number of methoxy groups -OCH3 is 1. The van der Waals surface area contributed by atoms with Gasteiger partial charge in [0, 0.05) is 12.1 Å². The maximum atomic E-state index is 11.2. The molecule has 1 saturated carbocycles. The summed E-state index contributed by atoms with van der Waals surface area (Å²) in [5.74, 6) is -0.204. The predicted molar refractivity (Wildman–Crippen MR) is 82.6 cm³/mol. The van der Waals surface area contributed by atoms with Gasteiger partial charge in [0.15, 0.2) is 0 Å². The first-order valence-electron chi connectivity index (χ1n) is 7.62. The fourth-order valence-electron chi connectivity index (χ4n) is 3.16. The van der Waals surface area contributed by atoms with Crippen LogP contribution in [0, 0.1) is 11.3 Å². The second kappa shape index (κ2) is 7.28. The van der Waals surface area contributed by atoms with Crippen LogP contribution in [-0.2, 0) is 11.3 Å². The third-order valence-corrected chi connectivity index (χ3v) is 4.35. The molecule has 5 heteroatoms. The molecule has 1 aliphatic rings. The minimum absolute atomic E-state index is 0.153. The minimum atomic E-state index is -0.758. The largest absolute Gasteiger partial charge is 0.495 e. The van der Waals surface area contributed by atoms with E-state index in [-0.39, 0.29) is 12.0 Å². The van der Waals surface area contributed by atoms with Crippen molar-refractivity contribution < 1.29 is 14.6 Å². The van der Waals surface area contributed by atoms with Crippen LogP contribution in [0.5, 0.6) is 5.75 Å². The van der Waals surface area contributed by atoms with E-state index in [2.05, 4.69) is 11.4 Å². The van der Waals surface area contributed by atoms with Gasteiger partial charge in [-0.1, -0.05) is 25.3 Å². The molecule has 0 radical (unpaired) electrons. The van der Waals surface area contributed by atoms with Gasteiger partial charge in [-0.3, -0.25) is 4.79 Å². The van der Waals surface area contributed by atoms with E-state index in [9.17, 15) is 9.90 Å². The molecule has 0 bridgehead atoms. The molecule has 1 aromatic carbocycles. The molecule has 0 atom stereocenters. The Morgan fingerprint density at radius 3 is 2.73 bits per heavy atom. The van der Waals surface area contributed by atoms with Crippen LogP contribution in [0.25, 0.3) is 0 Å². The van der Waals surface area contributed by atoms with Gasteiger partial charge < -0.3 is 15.2 Å². The van der Waals surface area contributed by atoms with Crippen LogP contribution >= 0.6 is 0 Å². The van der Waals surface area contributed by atoms with Crippen LogP contribution in [0.2, 0.25) is 0 Å². The third-order valence-electron chi connectivity index (χ3n) is 4.35. The van der Waals surface area contributed by atoms with Crippen LogP contribution in [0.4, 0.5) is 0 Å². The molecule has 0 saturated heterocycles. The minimum Gasteiger partial charge on any atom is -0.495 e. The lowest BCUT2D eigenvalue weighted by atomic mass is 9.79. The Kier molecular flexibility index (Phi) is 5.40. The summed E-state index contributed by atoms with van der Waals surface area (Å²) in [4.78, 5) is 11.2. The van der Waals surface area contributed by atoms with Gasteiger partial charge in [-0.25, -0.2) is 0 Å². The van der Waals surface area contributed by atoms with Crippen molar-refractivity contribution >= 4 is 5.97 Å². The second-order valence-corrected chi connectivity index (χ2v) is 5.91. The van der Waals surface area contributed by atoms with Gasteiger partial charge in [0.05, 0.1) is 19.1 Å². The van der Waals surface area contributed by atoms with Gasteiger partial charge >= 0.3 is 5.97 Å². The fraction of sp³-hybridized carbons (Fsp3) is 0.529. The fourth-order valence-corrected chi connectivity index (χ4v) is 3.16. The standard InChI is InChI=1S/C17H22N2O3/c1-22-15-9-13(5-6-14(15)11-18)12-19-17(10-16(20)21)7-3-2-4-8-17/h5-6,9,19H,2-4,7-8,10,12H2,1H3,(H,20,21). The van der Waals surface area contributed by atoms with Crippen molar-refractivity contribution in [1.29, 1.82) is 5.26 Å². The van der Waals surface area contributed by atoms with Crippen molar-refractivity contribution in [3.8, 4) is 11.8 Å². The molecule has 2 N–H and O–H groups in total. The van der Waals surface area contributed by atoms with E-state index in [4.69, 9.17) is 10.00 Å². The Labute approximate surface area is 130 Å². The van der Waals surface area contributed by atoms with E-state index in [1.54, 1.807) is 13.2 Å². The van der Waals surface area contributed by atoms with Gasteiger partial charge in [0.1, 0.15) is 11.8 Å². The smallest absolute Gasteiger partial charge is 0.305 e. The Balaban J connectivity index is 2.09. The van der Waals surface area contributed by atoms with E-state index in [1.807, 2.05) is 12.1 Å². The number of benzene rings is 1. The summed E-state index contributed by atoms with van der Waals surface area (Å²) >= 11 is 0. The maximum absolute atomic E-state index is 11.2. The number of hydrogen-bond donors (Lipinski definition) is 2. The number of hydrogen-bond acceptors (Lipinski definition) is 4. The molecule has 22 heavy (non-hydrogen) atoms. The van der Waals surface area contributed by atoms with Gasteiger partial charge in [-0.15, -0.1) is 0 Å². The van der Waals surface area contributed by atoms with Gasteiger partial charge in [0.25, 0.3) is 0 Å². The molecular formula is C17H22N2O3. The number of nitriles is 1. The number of nitrogens with one attached hydrogen (secondary N) is 1. The molecule has 0 aromatic heterocycles. The molecule has 1 aliphatic carbocycles. The highest BCUT2D eigenvalue weighted by Crippen LogP contribution is 2.31. The van der Waals surface area contributed by atoms with Crippen molar-refractivity contribution in [3.63, 3.8) is 0 Å². The van der Waals surface area contributed by atoms with E-state index >= 15 is 0 Å². The summed E-state index contributed by atoms with van der Waals surface area (Å²) in [5, 5.41) is 21.6. The zero-order valence-corrected chi connectivity index (χ0v) is 12.9. The average Bonchev–Trinajstić information content (AvgIpc) is 2.53. The predicted octanol–water partition coefficient (Wildman–Crippen LogP) is 2.83. The molecule has 0 heterocycles. The normalized spacial score (nSPS) is 16.7. The SMILES string of the molecule is COc1cc(CNC2(CC(=O)O)CCCCC2)ccc1C#N. The summed E-state index contributed by atoms with van der Waals surface area (Å²) < 4.78 is 5.21. The van der Waals surface area contributed by atoms with E-state index in [0.29, 0.717) is 17.9 Å². The van der Waals surface area contributed by atoms with E-state index < -0.39 is 5.97 Å². The summed E-state index contributed by atoms with van der Waals surface area (Å²) in [6.07, 6.45) is 5.25. The lowest BCUT2D eigenvalue weighted by molar-refractivity contribution is -0.139. The van der Waals surface area contributed by atoms with Crippen molar-refractivity contribution in [1.82, 2.24) is 5.32 Å². The summed E-state index contributed by atoms with van der Waals surface area (Å²) in [6.45, 7) is 0.579. The Bertz CT molecular complexity index is 572. The Morgan fingerprint density at radius 2 is 2.14 bits per heavy atom. The highest BCUT2D eigenvalue weighted by Gasteiger charge is 2.33. The van der Waals surface area contributed by atoms with Crippen LogP contribution in [0.3, 0.4) is 0 Å². The molecule has 1 fully saturated rings. The Morgan fingerprint density at radius 1 is 1.41 bits per heavy atom. The first-order chi connectivity index (χ1) is 10.6. The molecule has 1 aromatic rings. The van der Waals surface area contributed by atoms with Crippen LogP contribution < -0.4 is 10.1 Å². The van der Waals surface area contributed by atoms with E-state index in [1.165, 1.54) is 6.42 Å². The average molecular weight is 302 g/mol. The number of carbonyl (C=O) groups is 1. The number of rotatable bonds is 6. The molecule has 118 valence electrons. The molecule has 0 amide bonds. The molecule has 0 unspecified atom stereocenters. The van der Waals surface area contributed by atoms with Crippen LogP contribution in [-0.4, -0.2) is 23.7 Å². The quantitative estimate of drug-likeness (QED) is 0.844. The van der Waals surface area contributed by atoms with Crippen LogP contribution in [0.1, 0.15) is 49.7 Å². The van der Waals surface area contributed by atoms with Crippen molar-refractivity contribution in [3.05, 3.63) is 29.3 Å². The van der Waals surface area contributed by atoms with Gasteiger partial charge in [-0.05, 0) is 30.5 Å². The molecule has 0 aliphatic heterocycles. The van der Waals surface area contributed by atoms with Crippen molar-refractivity contribution in [2.45, 2.75) is 50.6 Å². The highest BCUT2D eigenvalue weighted by atomic mass is 16.5. The highest BCUT2D eigenvalue weighted by molar-refractivity contribution is 5.68.